The van der Waals surface area contributed by atoms with Gasteiger partial charge in [-0.1, -0.05) is 12.8 Å². The second-order valence-corrected chi connectivity index (χ2v) is 5.03. The molecule has 2 rings (SSSR count). The highest BCUT2D eigenvalue weighted by Crippen LogP contribution is 2.42. The molecule has 0 amide bonds. The molecule has 2 unspecified atom stereocenters. The molecule has 0 heterocycles. The van der Waals surface area contributed by atoms with Gasteiger partial charge in [0.1, 0.15) is 11.6 Å². The molecular formula is C14H13F5O. The van der Waals surface area contributed by atoms with E-state index in [0.29, 0.717) is 18.9 Å². The van der Waals surface area contributed by atoms with Gasteiger partial charge >= 0.3 is 6.18 Å². The average Bonchev–Trinajstić information content (AvgIpc) is 2.37. The summed E-state index contributed by atoms with van der Waals surface area (Å²) < 4.78 is 65.1. The van der Waals surface area contributed by atoms with E-state index >= 15 is 0 Å². The van der Waals surface area contributed by atoms with E-state index in [9.17, 15) is 26.7 Å². The van der Waals surface area contributed by atoms with Gasteiger partial charge in [0.25, 0.3) is 0 Å². The van der Waals surface area contributed by atoms with Crippen LogP contribution in [0.4, 0.5) is 22.0 Å². The van der Waals surface area contributed by atoms with Gasteiger partial charge in [0.15, 0.2) is 5.78 Å². The molecule has 0 radical (unpaired) electrons. The standard InChI is InChI=1S/C14H13F5O/c15-8-5-6-10(12(16)7-8)13(20)9-3-1-2-4-11(9)14(17,18)19/h5-7,9,11H,1-4H2. The molecule has 0 spiro atoms. The highest BCUT2D eigenvalue weighted by atomic mass is 19.4. The van der Waals surface area contributed by atoms with Crippen molar-refractivity contribution >= 4 is 5.78 Å². The molecule has 1 nitrogen and oxygen atoms in total. The molecule has 110 valence electrons. The predicted molar refractivity (Wildman–Crippen MR) is 62.2 cm³/mol. The third-order valence-corrected chi connectivity index (χ3v) is 3.72. The summed E-state index contributed by atoms with van der Waals surface area (Å²) in [6, 6.07) is 2.30. The Bertz CT molecular complexity index is 509. The number of halogens is 5. The van der Waals surface area contributed by atoms with E-state index in [-0.39, 0.29) is 12.8 Å². The summed E-state index contributed by atoms with van der Waals surface area (Å²) in [4.78, 5) is 12.1. The number of benzene rings is 1. The molecule has 20 heavy (non-hydrogen) atoms. The van der Waals surface area contributed by atoms with Gasteiger partial charge in [-0.2, -0.15) is 13.2 Å². The van der Waals surface area contributed by atoms with Gasteiger partial charge in [-0.3, -0.25) is 4.79 Å². The van der Waals surface area contributed by atoms with Crippen LogP contribution in [-0.4, -0.2) is 12.0 Å². The summed E-state index contributed by atoms with van der Waals surface area (Å²) in [7, 11) is 0. The molecule has 2 atom stereocenters. The van der Waals surface area contributed by atoms with Crippen LogP contribution in [0.5, 0.6) is 0 Å². The van der Waals surface area contributed by atoms with Crippen LogP contribution < -0.4 is 0 Å². The van der Waals surface area contributed by atoms with Gasteiger partial charge in [0.05, 0.1) is 11.5 Å². The predicted octanol–water partition coefficient (Wildman–Crippen LogP) is 4.52. The SMILES string of the molecule is O=C(c1ccc(F)cc1F)C1CCCCC1C(F)(F)F. The Morgan fingerprint density at radius 2 is 1.75 bits per heavy atom. The van der Waals surface area contributed by atoms with Crippen molar-refractivity contribution in [1.82, 2.24) is 0 Å². The zero-order valence-corrected chi connectivity index (χ0v) is 10.5. The second-order valence-electron chi connectivity index (χ2n) is 5.03. The fourth-order valence-corrected chi connectivity index (χ4v) is 2.73. The fourth-order valence-electron chi connectivity index (χ4n) is 2.73. The van der Waals surface area contributed by atoms with Crippen molar-refractivity contribution in [2.45, 2.75) is 31.9 Å². The number of Topliss-reactive ketones (excluding diaryl/α,β-unsaturated/α-hetero) is 1. The number of rotatable bonds is 2. The number of alkyl halides is 3. The normalized spacial score (nSPS) is 23.6. The minimum absolute atomic E-state index is 0.0832. The molecule has 0 saturated heterocycles. The molecule has 1 saturated carbocycles. The Hall–Kier alpha value is -1.46. The highest BCUT2D eigenvalue weighted by molar-refractivity contribution is 5.98. The number of hydrogen-bond donors (Lipinski definition) is 0. The number of hydrogen-bond acceptors (Lipinski definition) is 1. The van der Waals surface area contributed by atoms with Gasteiger partial charge in [0, 0.05) is 12.0 Å². The summed E-state index contributed by atoms with van der Waals surface area (Å²) in [5.41, 5.74) is -0.465. The molecule has 0 aliphatic heterocycles. The van der Waals surface area contributed by atoms with Crippen LogP contribution >= 0.6 is 0 Å². The number of carbonyl (C=O) groups excluding carboxylic acids is 1. The molecule has 1 fully saturated rings. The van der Waals surface area contributed by atoms with E-state index in [1.807, 2.05) is 0 Å². The summed E-state index contributed by atoms with van der Waals surface area (Å²) in [6.07, 6.45) is -3.61. The van der Waals surface area contributed by atoms with Crippen molar-refractivity contribution in [2.75, 3.05) is 0 Å². The third-order valence-electron chi connectivity index (χ3n) is 3.72. The maximum atomic E-state index is 13.5. The van der Waals surface area contributed by atoms with Crippen LogP contribution in [0.1, 0.15) is 36.0 Å². The first-order chi connectivity index (χ1) is 9.30. The zero-order valence-electron chi connectivity index (χ0n) is 10.5. The molecule has 0 bridgehead atoms. The Balaban J connectivity index is 2.30. The van der Waals surface area contributed by atoms with Crippen molar-refractivity contribution in [2.24, 2.45) is 11.8 Å². The first kappa shape index (κ1) is 14.9. The Morgan fingerprint density at radius 1 is 1.10 bits per heavy atom. The average molecular weight is 292 g/mol. The third kappa shape index (κ3) is 2.99. The van der Waals surface area contributed by atoms with Crippen LogP contribution in [0.15, 0.2) is 18.2 Å². The Kier molecular flexibility index (Phi) is 4.11. The van der Waals surface area contributed by atoms with Gasteiger partial charge in [-0.25, -0.2) is 8.78 Å². The summed E-state index contributed by atoms with van der Waals surface area (Å²) in [6.45, 7) is 0. The van der Waals surface area contributed by atoms with E-state index in [2.05, 4.69) is 0 Å². The van der Waals surface area contributed by atoms with Crippen molar-refractivity contribution in [3.8, 4) is 0 Å². The second kappa shape index (κ2) is 5.50. The smallest absolute Gasteiger partial charge is 0.294 e. The lowest BCUT2D eigenvalue weighted by molar-refractivity contribution is -0.190. The largest absolute Gasteiger partial charge is 0.392 e. The van der Waals surface area contributed by atoms with E-state index in [0.717, 1.165) is 12.1 Å². The summed E-state index contributed by atoms with van der Waals surface area (Å²) >= 11 is 0. The lowest BCUT2D eigenvalue weighted by Crippen LogP contribution is -2.37. The molecule has 1 aromatic rings. The Morgan fingerprint density at radius 3 is 2.35 bits per heavy atom. The minimum atomic E-state index is -4.47. The maximum absolute atomic E-state index is 13.5. The first-order valence-electron chi connectivity index (χ1n) is 6.36. The molecule has 0 N–H and O–H groups in total. The topological polar surface area (TPSA) is 17.1 Å². The fraction of sp³-hybridized carbons (Fsp3) is 0.500. The molecule has 1 aliphatic rings. The van der Waals surface area contributed by atoms with Crippen LogP contribution in [0.2, 0.25) is 0 Å². The van der Waals surface area contributed by atoms with Crippen LogP contribution in [0, 0.1) is 23.5 Å². The van der Waals surface area contributed by atoms with Crippen LogP contribution in [0.3, 0.4) is 0 Å². The molecular weight excluding hydrogens is 279 g/mol. The van der Waals surface area contributed by atoms with Gasteiger partial charge < -0.3 is 0 Å². The summed E-state index contributed by atoms with van der Waals surface area (Å²) in [5, 5.41) is 0. The first-order valence-corrected chi connectivity index (χ1v) is 6.36. The van der Waals surface area contributed by atoms with Gasteiger partial charge in [-0.15, -0.1) is 0 Å². The van der Waals surface area contributed by atoms with Crippen LogP contribution in [-0.2, 0) is 0 Å². The van der Waals surface area contributed by atoms with Crippen molar-refractivity contribution in [3.05, 3.63) is 35.4 Å². The number of ketones is 1. The summed E-state index contributed by atoms with van der Waals surface area (Å²) in [5.74, 6) is -5.88. The number of carbonyl (C=O) groups is 1. The van der Waals surface area contributed by atoms with E-state index in [1.54, 1.807) is 0 Å². The lowest BCUT2D eigenvalue weighted by atomic mass is 9.75. The molecule has 0 aromatic heterocycles. The van der Waals surface area contributed by atoms with Crippen molar-refractivity contribution in [3.63, 3.8) is 0 Å². The van der Waals surface area contributed by atoms with E-state index in [1.165, 1.54) is 0 Å². The van der Waals surface area contributed by atoms with Gasteiger partial charge in [0.2, 0.25) is 0 Å². The van der Waals surface area contributed by atoms with Gasteiger partial charge in [-0.05, 0) is 25.0 Å². The molecule has 1 aromatic carbocycles. The quantitative estimate of drug-likeness (QED) is 0.578. The molecule has 1 aliphatic carbocycles. The zero-order chi connectivity index (χ0) is 14.9. The van der Waals surface area contributed by atoms with Crippen molar-refractivity contribution in [1.29, 1.82) is 0 Å². The van der Waals surface area contributed by atoms with Crippen LogP contribution in [0.25, 0.3) is 0 Å². The van der Waals surface area contributed by atoms with E-state index in [4.69, 9.17) is 0 Å². The van der Waals surface area contributed by atoms with E-state index < -0.39 is 41.0 Å². The monoisotopic (exact) mass is 292 g/mol. The lowest BCUT2D eigenvalue weighted by Gasteiger charge is -2.32. The Labute approximate surface area is 112 Å². The minimum Gasteiger partial charge on any atom is -0.294 e. The molecule has 6 heteroatoms. The highest BCUT2D eigenvalue weighted by Gasteiger charge is 2.48. The maximum Gasteiger partial charge on any atom is 0.392 e. The van der Waals surface area contributed by atoms with Crippen molar-refractivity contribution < 1.29 is 26.7 Å².